The first-order valence-corrected chi connectivity index (χ1v) is 6.95. The number of aliphatic hydroxyl groups is 1. The summed E-state index contributed by atoms with van der Waals surface area (Å²) in [6.07, 6.45) is -0.749. The predicted molar refractivity (Wildman–Crippen MR) is 72.6 cm³/mol. The van der Waals surface area contributed by atoms with Gasteiger partial charge >= 0.3 is 5.97 Å². The number of likely N-dealkylation sites (tertiary alicyclic amines) is 1. The first-order valence-electron chi connectivity index (χ1n) is 6.95. The summed E-state index contributed by atoms with van der Waals surface area (Å²) < 4.78 is 5.18. The summed E-state index contributed by atoms with van der Waals surface area (Å²) >= 11 is 0. The largest absolute Gasteiger partial charge is 0.480 e. The number of β-amino-alcohol motifs (C(OH)–C–C–N with tert-alkyl or cyclic N) is 1. The minimum absolute atomic E-state index is 0.0339. The highest BCUT2D eigenvalue weighted by Crippen LogP contribution is 2.30. The quantitative estimate of drug-likeness (QED) is 0.850. The van der Waals surface area contributed by atoms with Gasteiger partial charge in [-0.15, -0.1) is 0 Å². The second kappa shape index (κ2) is 5.85. The number of amides is 1. The number of aliphatic hydroxyl groups excluding tert-OH is 1. The zero-order valence-corrected chi connectivity index (χ0v) is 12.3. The molecule has 0 radical (unpaired) electrons. The van der Waals surface area contributed by atoms with E-state index in [0.717, 1.165) is 0 Å². The molecule has 2 rings (SSSR count). The Labute approximate surface area is 122 Å². The van der Waals surface area contributed by atoms with Crippen molar-refractivity contribution in [2.75, 3.05) is 6.54 Å². The third-order valence-electron chi connectivity index (χ3n) is 3.73. The molecule has 2 N–H and O–H groups in total. The second-order valence-corrected chi connectivity index (χ2v) is 5.83. The molecule has 1 fully saturated rings. The van der Waals surface area contributed by atoms with Crippen molar-refractivity contribution >= 4 is 11.9 Å². The van der Waals surface area contributed by atoms with E-state index >= 15 is 0 Å². The van der Waals surface area contributed by atoms with Gasteiger partial charge < -0.3 is 19.6 Å². The number of hydrogen-bond donors (Lipinski definition) is 2. The fraction of sp³-hybridized carbons (Fsp3) is 0.643. The summed E-state index contributed by atoms with van der Waals surface area (Å²) in [5.41, 5.74) is 0.666. The summed E-state index contributed by atoms with van der Waals surface area (Å²) in [6, 6.07) is 0.697. The normalized spacial score (nSPS) is 23.6. The Hall–Kier alpha value is -1.89. The summed E-state index contributed by atoms with van der Waals surface area (Å²) in [4.78, 5) is 25.2. The van der Waals surface area contributed by atoms with Gasteiger partial charge in [0.2, 0.25) is 5.91 Å². The summed E-state index contributed by atoms with van der Waals surface area (Å²) in [5.74, 6) is -1.69. The van der Waals surface area contributed by atoms with Crippen molar-refractivity contribution in [2.45, 2.75) is 45.3 Å². The van der Waals surface area contributed by atoms with Crippen LogP contribution in [0.3, 0.4) is 0 Å². The molecule has 21 heavy (non-hydrogen) atoms. The molecule has 3 atom stereocenters. The molecule has 1 amide bonds. The molecule has 1 aliphatic rings. The van der Waals surface area contributed by atoms with E-state index in [4.69, 9.17) is 4.52 Å². The highest BCUT2D eigenvalue weighted by molar-refractivity contribution is 5.88. The van der Waals surface area contributed by atoms with E-state index in [-0.39, 0.29) is 24.8 Å². The van der Waals surface area contributed by atoms with E-state index in [1.807, 2.05) is 13.8 Å². The minimum atomic E-state index is -1.10. The molecule has 1 aromatic rings. The van der Waals surface area contributed by atoms with Gasteiger partial charge in [-0.3, -0.25) is 4.79 Å². The number of nitrogens with zero attached hydrogens (tertiary/aromatic N) is 2. The van der Waals surface area contributed by atoms with E-state index in [1.165, 1.54) is 4.90 Å². The zero-order valence-electron chi connectivity index (χ0n) is 12.3. The smallest absolute Gasteiger partial charge is 0.326 e. The Balaban J connectivity index is 2.28. The lowest BCUT2D eigenvalue weighted by molar-refractivity contribution is -0.149. The molecular formula is C14H20N2O5. The lowest BCUT2D eigenvalue weighted by Gasteiger charge is -2.27. The number of hydrogen-bond acceptors (Lipinski definition) is 5. The lowest BCUT2D eigenvalue weighted by Crippen LogP contribution is -2.44. The van der Waals surface area contributed by atoms with E-state index in [9.17, 15) is 19.8 Å². The standard InChI is InChI=1S/C14H20N2O5/c1-7(2)12(11-4-8(3)15-21-11)13(18)16-6-9(17)5-10(16)14(19)20/h4,7,9-10,12,17H,5-6H2,1-3H3,(H,19,20)/t9-,10?,12-/m1/s1. The zero-order chi connectivity index (χ0) is 15.7. The number of carbonyl (C=O) groups is 2. The Bertz CT molecular complexity index is 539. The lowest BCUT2D eigenvalue weighted by atomic mass is 9.91. The maximum Gasteiger partial charge on any atom is 0.326 e. The summed E-state index contributed by atoms with van der Waals surface area (Å²) in [6.45, 7) is 5.52. The van der Waals surface area contributed by atoms with Gasteiger partial charge in [0.25, 0.3) is 0 Å². The van der Waals surface area contributed by atoms with Crippen LogP contribution in [-0.2, 0) is 9.59 Å². The van der Waals surface area contributed by atoms with Crippen LogP contribution < -0.4 is 0 Å². The van der Waals surface area contributed by atoms with Gasteiger partial charge in [-0.2, -0.15) is 0 Å². The van der Waals surface area contributed by atoms with Crippen molar-refractivity contribution in [1.82, 2.24) is 10.1 Å². The van der Waals surface area contributed by atoms with Gasteiger partial charge in [0.1, 0.15) is 17.7 Å². The first-order chi connectivity index (χ1) is 9.81. The van der Waals surface area contributed by atoms with Crippen LogP contribution in [-0.4, -0.2) is 50.8 Å². The van der Waals surface area contributed by atoms with Crippen molar-refractivity contribution in [3.63, 3.8) is 0 Å². The molecule has 1 unspecified atom stereocenters. The molecule has 1 aromatic heterocycles. The third-order valence-corrected chi connectivity index (χ3v) is 3.73. The summed E-state index contributed by atoms with van der Waals surface area (Å²) in [5, 5.41) is 22.7. The predicted octanol–water partition coefficient (Wildman–Crippen LogP) is 0.769. The van der Waals surface area contributed by atoms with Crippen LogP contribution in [0.5, 0.6) is 0 Å². The van der Waals surface area contributed by atoms with E-state index in [2.05, 4.69) is 5.16 Å². The molecule has 0 saturated carbocycles. The van der Waals surface area contributed by atoms with Crippen LogP contribution in [0.25, 0.3) is 0 Å². The van der Waals surface area contributed by atoms with E-state index in [1.54, 1.807) is 13.0 Å². The molecule has 2 heterocycles. The molecular weight excluding hydrogens is 276 g/mol. The molecule has 0 spiro atoms. The van der Waals surface area contributed by atoms with Gasteiger partial charge in [-0.25, -0.2) is 4.79 Å². The van der Waals surface area contributed by atoms with Crippen LogP contribution in [0.15, 0.2) is 10.6 Å². The topological polar surface area (TPSA) is 104 Å². The third kappa shape index (κ3) is 3.07. The molecule has 0 bridgehead atoms. The molecule has 1 saturated heterocycles. The Morgan fingerprint density at radius 1 is 1.48 bits per heavy atom. The average Bonchev–Trinajstić information content (AvgIpc) is 2.95. The van der Waals surface area contributed by atoms with Crippen molar-refractivity contribution < 1.29 is 24.3 Å². The molecule has 116 valence electrons. The number of rotatable bonds is 4. The van der Waals surface area contributed by atoms with Crippen LogP contribution in [0.2, 0.25) is 0 Å². The fourth-order valence-corrected chi connectivity index (χ4v) is 2.74. The Morgan fingerprint density at radius 3 is 2.62 bits per heavy atom. The monoisotopic (exact) mass is 296 g/mol. The SMILES string of the molecule is Cc1cc([C@H](C(=O)N2C[C@H](O)CC2C(=O)O)C(C)C)on1. The highest BCUT2D eigenvalue weighted by Gasteiger charge is 2.43. The number of carboxylic acids is 1. The van der Waals surface area contributed by atoms with E-state index in [0.29, 0.717) is 11.5 Å². The minimum Gasteiger partial charge on any atom is -0.480 e. The van der Waals surface area contributed by atoms with Crippen LogP contribution in [0.4, 0.5) is 0 Å². The highest BCUT2D eigenvalue weighted by atomic mass is 16.5. The number of aromatic nitrogens is 1. The van der Waals surface area contributed by atoms with E-state index < -0.39 is 24.0 Å². The molecule has 7 heteroatoms. The number of carbonyl (C=O) groups excluding carboxylic acids is 1. The van der Waals surface area contributed by atoms with Crippen molar-refractivity contribution in [2.24, 2.45) is 5.92 Å². The maximum atomic E-state index is 12.7. The molecule has 0 aliphatic carbocycles. The first kappa shape index (κ1) is 15.5. The van der Waals surface area contributed by atoms with Gasteiger partial charge in [0.15, 0.2) is 0 Å². The molecule has 0 aromatic carbocycles. The molecule has 7 nitrogen and oxygen atoms in total. The Kier molecular flexibility index (Phi) is 4.32. The second-order valence-electron chi connectivity index (χ2n) is 5.83. The fourth-order valence-electron chi connectivity index (χ4n) is 2.74. The number of aliphatic carboxylic acids is 1. The Morgan fingerprint density at radius 2 is 2.14 bits per heavy atom. The summed E-state index contributed by atoms with van der Waals surface area (Å²) in [7, 11) is 0. The molecule has 1 aliphatic heterocycles. The van der Waals surface area contributed by atoms with Gasteiger partial charge in [0, 0.05) is 19.0 Å². The van der Waals surface area contributed by atoms with Crippen molar-refractivity contribution in [1.29, 1.82) is 0 Å². The van der Waals surface area contributed by atoms with Crippen LogP contribution in [0.1, 0.15) is 37.6 Å². The number of carboxylic acid groups (broad SMARTS) is 1. The van der Waals surface area contributed by atoms with Gasteiger partial charge in [-0.05, 0) is 12.8 Å². The van der Waals surface area contributed by atoms with Gasteiger partial charge in [-0.1, -0.05) is 19.0 Å². The van der Waals surface area contributed by atoms with Crippen molar-refractivity contribution in [3.8, 4) is 0 Å². The van der Waals surface area contributed by atoms with Crippen molar-refractivity contribution in [3.05, 3.63) is 17.5 Å². The van der Waals surface area contributed by atoms with Crippen LogP contribution >= 0.6 is 0 Å². The number of aryl methyl sites for hydroxylation is 1. The average molecular weight is 296 g/mol. The maximum absolute atomic E-state index is 12.7. The van der Waals surface area contributed by atoms with Gasteiger partial charge in [0.05, 0.1) is 11.8 Å². The van der Waals surface area contributed by atoms with Crippen LogP contribution in [0, 0.1) is 12.8 Å².